The summed E-state index contributed by atoms with van der Waals surface area (Å²) in [7, 11) is 0. The van der Waals surface area contributed by atoms with Crippen LogP contribution in [0.2, 0.25) is 0 Å². The highest BCUT2D eigenvalue weighted by Crippen LogP contribution is 2.35. The largest absolute Gasteiger partial charge is 0.328 e. The molecule has 1 unspecified atom stereocenters. The van der Waals surface area contributed by atoms with E-state index in [1.165, 1.54) is 25.8 Å². The molecule has 0 radical (unpaired) electrons. The van der Waals surface area contributed by atoms with Gasteiger partial charge in [0.25, 0.3) is 0 Å². The highest BCUT2D eigenvalue weighted by Gasteiger charge is 2.48. The Kier molecular flexibility index (Phi) is 3.56. The summed E-state index contributed by atoms with van der Waals surface area (Å²) in [5.74, 6) is 1.05. The van der Waals surface area contributed by atoms with Crippen LogP contribution in [0.3, 0.4) is 0 Å². The van der Waals surface area contributed by atoms with Gasteiger partial charge in [-0.15, -0.1) is 0 Å². The molecule has 2 heterocycles. The van der Waals surface area contributed by atoms with E-state index >= 15 is 0 Å². The fraction of sp³-hybridized carbons (Fsp3) is 0.933. The van der Waals surface area contributed by atoms with Crippen molar-refractivity contribution in [1.29, 1.82) is 0 Å². The Bertz CT molecular complexity index is 349. The van der Waals surface area contributed by atoms with Gasteiger partial charge in [0.15, 0.2) is 0 Å². The number of carbonyl (C=O) groups excluding carboxylic acids is 1. The summed E-state index contributed by atoms with van der Waals surface area (Å²) in [6.45, 7) is 8.61. The van der Waals surface area contributed by atoms with Crippen LogP contribution in [0.25, 0.3) is 0 Å². The van der Waals surface area contributed by atoms with Crippen molar-refractivity contribution in [1.82, 2.24) is 15.1 Å². The molecular formula is C15H27N3O. The van der Waals surface area contributed by atoms with E-state index in [2.05, 4.69) is 29.0 Å². The van der Waals surface area contributed by atoms with Gasteiger partial charge in [0.1, 0.15) is 0 Å². The van der Waals surface area contributed by atoms with Crippen molar-refractivity contribution in [3.05, 3.63) is 0 Å². The number of rotatable bonds is 3. The molecule has 3 rings (SSSR count). The van der Waals surface area contributed by atoms with Crippen molar-refractivity contribution in [2.45, 2.75) is 57.5 Å². The van der Waals surface area contributed by atoms with Gasteiger partial charge in [0.2, 0.25) is 5.91 Å². The van der Waals surface area contributed by atoms with Crippen LogP contribution in [0.5, 0.6) is 0 Å². The van der Waals surface area contributed by atoms with Gasteiger partial charge < -0.3 is 9.80 Å². The van der Waals surface area contributed by atoms with E-state index < -0.39 is 0 Å². The Balaban J connectivity index is 1.56. The second kappa shape index (κ2) is 5.06. The van der Waals surface area contributed by atoms with Crippen molar-refractivity contribution < 1.29 is 4.79 Å². The molecular weight excluding hydrogens is 238 g/mol. The monoisotopic (exact) mass is 265 g/mol. The molecule has 1 atom stereocenters. The molecule has 2 saturated heterocycles. The minimum absolute atomic E-state index is 0.170. The van der Waals surface area contributed by atoms with Crippen LogP contribution in [-0.2, 0) is 4.79 Å². The van der Waals surface area contributed by atoms with Gasteiger partial charge in [-0.25, -0.2) is 0 Å². The molecule has 1 N–H and O–H groups in total. The molecule has 3 fully saturated rings. The molecule has 0 aromatic rings. The minimum atomic E-state index is -0.170. The lowest BCUT2D eigenvalue weighted by molar-refractivity contribution is -0.132. The molecule has 1 spiro atoms. The molecule has 0 bridgehead atoms. The zero-order valence-corrected chi connectivity index (χ0v) is 12.3. The third kappa shape index (κ3) is 2.40. The number of hydrogen-bond acceptors (Lipinski definition) is 3. The highest BCUT2D eigenvalue weighted by molar-refractivity contribution is 5.88. The van der Waals surface area contributed by atoms with E-state index in [1.54, 1.807) is 0 Å². The highest BCUT2D eigenvalue weighted by atomic mass is 16.2. The standard InChI is InChI=1S/C15H27N3O/c1-12(2)17-8-5-13(9-17)10-18-11-16-15(14(18)19)6-3-4-7-15/h12-13,16H,3-11H2,1-2H3. The summed E-state index contributed by atoms with van der Waals surface area (Å²) >= 11 is 0. The smallest absolute Gasteiger partial charge is 0.243 e. The second-order valence-corrected chi connectivity index (χ2v) is 6.90. The average Bonchev–Trinajstić information content (AvgIpc) is 3.08. The Hall–Kier alpha value is -0.610. The molecule has 1 aliphatic carbocycles. The third-order valence-corrected chi connectivity index (χ3v) is 5.29. The number of amides is 1. The van der Waals surface area contributed by atoms with Crippen molar-refractivity contribution in [2.75, 3.05) is 26.3 Å². The summed E-state index contributed by atoms with van der Waals surface area (Å²) in [5.41, 5.74) is -0.170. The number of carbonyl (C=O) groups is 1. The topological polar surface area (TPSA) is 35.6 Å². The first-order valence-electron chi connectivity index (χ1n) is 7.89. The Morgan fingerprint density at radius 2 is 2.11 bits per heavy atom. The molecule has 19 heavy (non-hydrogen) atoms. The lowest BCUT2D eigenvalue weighted by atomic mass is 9.97. The van der Waals surface area contributed by atoms with Crippen molar-refractivity contribution in [3.63, 3.8) is 0 Å². The van der Waals surface area contributed by atoms with E-state index in [-0.39, 0.29) is 5.54 Å². The van der Waals surface area contributed by atoms with Gasteiger partial charge in [0, 0.05) is 19.1 Å². The van der Waals surface area contributed by atoms with Gasteiger partial charge in [-0.3, -0.25) is 10.1 Å². The molecule has 2 aliphatic heterocycles. The van der Waals surface area contributed by atoms with Crippen LogP contribution >= 0.6 is 0 Å². The summed E-state index contributed by atoms with van der Waals surface area (Å²) in [4.78, 5) is 17.2. The number of nitrogens with zero attached hydrogens (tertiary/aromatic N) is 2. The van der Waals surface area contributed by atoms with Crippen LogP contribution in [-0.4, -0.2) is 53.6 Å². The fourth-order valence-corrected chi connectivity index (χ4v) is 4.01. The lowest BCUT2D eigenvalue weighted by Gasteiger charge is -2.24. The van der Waals surface area contributed by atoms with Crippen LogP contribution < -0.4 is 5.32 Å². The summed E-state index contributed by atoms with van der Waals surface area (Å²) in [6, 6.07) is 0.638. The van der Waals surface area contributed by atoms with Crippen molar-refractivity contribution in [3.8, 4) is 0 Å². The van der Waals surface area contributed by atoms with Crippen LogP contribution in [0.4, 0.5) is 0 Å². The van der Waals surface area contributed by atoms with Gasteiger partial charge in [-0.2, -0.15) is 0 Å². The minimum Gasteiger partial charge on any atom is -0.328 e. The first-order valence-corrected chi connectivity index (χ1v) is 7.89. The first kappa shape index (κ1) is 13.4. The number of nitrogens with one attached hydrogen (secondary N) is 1. The SMILES string of the molecule is CC(C)N1CCC(CN2CNC3(CCCC3)C2=O)C1. The van der Waals surface area contributed by atoms with Crippen LogP contribution in [0.15, 0.2) is 0 Å². The zero-order chi connectivity index (χ0) is 13.5. The van der Waals surface area contributed by atoms with E-state index in [9.17, 15) is 4.79 Å². The summed E-state index contributed by atoms with van der Waals surface area (Å²) in [5, 5.41) is 3.50. The molecule has 0 aromatic heterocycles. The third-order valence-electron chi connectivity index (χ3n) is 5.29. The Morgan fingerprint density at radius 3 is 2.74 bits per heavy atom. The predicted octanol–water partition coefficient (Wildman–Crippen LogP) is 1.42. The van der Waals surface area contributed by atoms with Crippen molar-refractivity contribution in [2.24, 2.45) is 5.92 Å². The second-order valence-electron chi connectivity index (χ2n) is 6.90. The van der Waals surface area contributed by atoms with E-state index in [0.29, 0.717) is 17.9 Å². The molecule has 1 amide bonds. The molecule has 4 nitrogen and oxygen atoms in total. The van der Waals surface area contributed by atoms with Gasteiger partial charge in [0.05, 0.1) is 12.2 Å². The summed E-state index contributed by atoms with van der Waals surface area (Å²) in [6.07, 6.45) is 5.75. The average molecular weight is 265 g/mol. The first-order chi connectivity index (χ1) is 9.11. The predicted molar refractivity (Wildman–Crippen MR) is 75.7 cm³/mol. The quantitative estimate of drug-likeness (QED) is 0.838. The molecule has 0 aromatic carbocycles. The van der Waals surface area contributed by atoms with E-state index in [1.807, 2.05) is 0 Å². The zero-order valence-electron chi connectivity index (χ0n) is 12.3. The Labute approximate surface area is 116 Å². The molecule has 108 valence electrons. The normalized spacial score (nSPS) is 31.2. The molecule has 1 saturated carbocycles. The number of hydrogen-bond donors (Lipinski definition) is 1. The molecule has 4 heteroatoms. The van der Waals surface area contributed by atoms with Crippen LogP contribution in [0.1, 0.15) is 46.0 Å². The van der Waals surface area contributed by atoms with Crippen molar-refractivity contribution >= 4 is 5.91 Å². The molecule has 3 aliphatic rings. The Morgan fingerprint density at radius 1 is 1.37 bits per heavy atom. The maximum atomic E-state index is 12.6. The maximum Gasteiger partial charge on any atom is 0.243 e. The van der Waals surface area contributed by atoms with Crippen LogP contribution in [0, 0.1) is 5.92 Å². The number of likely N-dealkylation sites (tertiary alicyclic amines) is 1. The van der Waals surface area contributed by atoms with E-state index in [0.717, 1.165) is 32.6 Å². The lowest BCUT2D eigenvalue weighted by Crippen LogP contribution is -2.44. The maximum absolute atomic E-state index is 12.6. The summed E-state index contributed by atoms with van der Waals surface area (Å²) < 4.78 is 0. The fourth-order valence-electron chi connectivity index (χ4n) is 4.01. The van der Waals surface area contributed by atoms with E-state index in [4.69, 9.17) is 0 Å². The van der Waals surface area contributed by atoms with Gasteiger partial charge in [-0.1, -0.05) is 12.8 Å². The van der Waals surface area contributed by atoms with Gasteiger partial charge >= 0.3 is 0 Å². The van der Waals surface area contributed by atoms with Gasteiger partial charge in [-0.05, 0) is 45.6 Å².